The van der Waals surface area contributed by atoms with Crippen LogP contribution in [0.2, 0.25) is 0 Å². The summed E-state index contributed by atoms with van der Waals surface area (Å²) in [5, 5.41) is 0. The van der Waals surface area contributed by atoms with Crippen LogP contribution < -0.4 is 0 Å². The van der Waals surface area contributed by atoms with E-state index in [1.54, 1.807) is 0 Å². The second kappa shape index (κ2) is 3.49. The first-order valence-electron chi connectivity index (χ1n) is 6.18. The Balaban J connectivity index is 1.95. The summed E-state index contributed by atoms with van der Waals surface area (Å²) < 4.78 is 6.14. The zero-order chi connectivity index (χ0) is 11.2. The molecule has 0 aromatic heterocycles. The molecule has 0 atom stereocenters. The van der Waals surface area contributed by atoms with Crippen LogP contribution in [0, 0.1) is 0 Å². The first-order valence-corrected chi connectivity index (χ1v) is 6.18. The van der Waals surface area contributed by atoms with Gasteiger partial charge in [-0.1, -0.05) is 18.7 Å². The molecule has 0 amide bonds. The summed E-state index contributed by atoms with van der Waals surface area (Å²) in [6, 6.07) is 0. The average Bonchev–Trinajstić information content (AvgIpc) is 2.58. The summed E-state index contributed by atoms with van der Waals surface area (Å²) >= 11 is 0. The Morgan fingerprint density at radius 3 is 2.88 bits per heavy atom. The number of rotatable bonds is 0. The molecule has 0 aromatic rings. The molecule has 1 spiro atoms. The lowest BCUT2D eigenvalue weighted by atomic mass is 9.79. The van der Waals surface area contributed by atoms with E-state index in [4.69, 9.17) is 4.74 Å². The summed E-state index contributed by atoms with van der Waals surface area (Å²) in [7, 11) is 2.19. The highest BCUT2D eigenvalue weighted by Crippen LogP contribution is 2.47. The first kappa shape index (κ1) is 10.2. The molecule has 2 aliphatic heterocycles. The lowest BCUT2D eigenvalue weighted by Gasteiger charge is -2.39. The van der Waals surface area contributed by atoms with Gasteiger partial charge in [0.15, 0.2) is 0 Å². The second-order valence-corrected chi connectivity index (χ2v) is 5.16. The van der Waals surface area contributed by atoms with E-state index < -0.39 is 0 Å². The fourth-order valence-corrected chi connectivity index (χ4v) is 3.13. The van der Waals surface area contributed by atoms with Gasteiger partial charge in [-0.15, -0.1) is 0 Å². The summed E-state index contributed by atoms with van der Waals surface area (Å²) in [5.74, 6) is 0.899. The monoisotopic (exact) mass is 217 g/mol. The molecule has 1 fully saturated rings. The maximum atomic E-state index is 6.14. The van der Waals surface area contributed by atoms with Crippen molar-refractivity contribution in [2.45, 2.75) is 31.3 Å². The third-order valence-corrected chi connectivity index (χ3v) is 4.13. The van der Waals surface area contributed by atoms with E-state index in [9.17, 15) is 0 Å². The highest BCUT2D eigenvalue weighted by atomic mass is 16.5. The Morgan fingerprint density at radius 1 is 1.38 bits per heavy atom. The number of fused-ring (bicyclic) bond motifs is 1. The number of hydrogen-bond acceptors (Lipinski definition) is 2. The van der Waals surface area contributed by atoms with Crippen molar-refractivity contribution in [3.63, 3.8) is 0 Å². The first-order chi connectivity index (χ1) is 7.71. The maximum Gasteiger partial charge on any atom is 0.133 e. The topological polar surface area (TPSA) is 12.5 Å². The molecule has 3 rings (SSSR count). The molecule has 0 aromatic carbocycles. The predicted molar refractivity (Wildman–Crippen MR) is 65.1 cm³/mol. The van der Waals surface area contributed by atoms with Gasteiger partial charge < -0.3 is 9.64 Å². The number of allylic oxidation sites excluding steroid dienone is 2. The molecule has 0 unspecified atom stereocenters. The van der Waals surface area contributed by atoms with Crippen LogP contribution in [0.1, 0.15) is 25.7 Å². The molecule has 3 aliphatic rings. The fourth-order valence-electron chi connectivity index (χ4n) is 3.13. The minimum Gasteiger partial charge on any atom is -0.483 e. The van der Waals surface area contributed by atoms with Crippen LogP contribution in [0.25, 0.3) is 0 Å². The highest BCUT2D eigenvalue weighted by molar-refractivity contribution is 5.49. The summed E-state index contributed by atoms with van der Waals surface area (Å²) in [4.78, 5) is 2.38. The molecule has 0 saturated carbocycles. The number of nitrogens with zero attached hydrogens (tertiary/aromatic N) is 1. The second-order valence-electron chi connectivity index (χ2n) is 5.16. The van der Waals surface area contributed by atoms with Crippen molar-refractivity contribution < 1.29 is 4.74 Å². The third kappa shape index (κ3) is 1.36. The molecule has 2 heteroatoms. The quantitative estimate of drug-likeness (QED) is 0.618. The van der Waals surface area contributed by atoms with E-state index in [2.05, 4.69) is 30.7 Å². The van der Waals surface area contributed by atoms with E-state index in [1.165, 1.54) is 11.1 Å². The van der Waals surface area contributed by atoms with Crippen molar-refractivity contribution >= 4 is 0 Å². The number of piperidine rings is 1. The van der Waals surface area contributed by atoms with Crippen LogP contribution in [0.15, 0.2) is 35.6 Å². The molecule has 86 valence electrons. The van der Waals surface area contributed by atoms with Crippen molar-refractivity contribution in [1.29, 1.82) is 0 Å². The Kier molecular flexibility index (Phi) is 2.21. The molecule has 0 N–H and O–H groups in total. The van der Waals surface area contributed by atoms with Crippen molar-refractivity contribution in [3.8, 4) is 0 Å². The van der Waals surface area contributed by atoms with Gasteiger partial charge in [0.2, 0.25) is 0 Å². The molecule has 2 heterocycles. The summed E-state index contributed by atoms with van der Waals surface area (Å²) in [6.07, 6.45) is 9.00. The summed E-state index contributed by atoms with van der Waals surface area (Å²) in [5.41, 5.74) is 2.81. The molecule has 0 radical (unpaired) electrons. The minimum atomic E-state index is 0.00366. The molecular weight excluding hydrogens is 198 g/mol. The maximum absolute atomic E-state index is 6.14. The lowest BCUT2D eigenvalue weighted by molar-refractivity contribution is 0.00260. The van der Waals surface area contributed by atoms with Crippen LogP contribution in [0.5, 0.6) is 0 Å². The number of likely N-dealkylation sites (tertiary alicyclic amines) is 1. The largest absolute Gasteiger partial charge is 0.483 e. The molecule has 16 heavy (non-hydrogen) atoms. The van der Waals surface area contributed by atoms with Crippen LogP contribution in [0.4, 0.5) is 0 Å². The molecule has 2 nitrogen and oxygen atoms in total. The van der Waals surface area contributed by atoms with E-state index in [-0.39, 0.29) is 5.60 Å². The predicted octanol–water partition coefficient (Wildman–Crippen LogP) is 2.64. The van der Waals surface area contributed by atoms with Crippen molar-refractivity contribution in [3.05, 3.63) is 35.6 Å². The van der Waals surface area contributed by atoms with E-state index >= 15 is 0 Å². The Morgan fingerprint density at radius 2 is 2.12 bits per heavy atom. The normalized spacial score (nSPS) is 28.4. The number of ether oxygens (including phenoxy) is 1. The Labute approximate surface area is 97.3 Å². The van der Waals surface area contributed by atoms with E-state index in [1.807, 2.05) is 0 Å². The van der Waals surface area contributed by atoms with Crippen molar-refractivity contribution in [2.75, 3.05) is 20.1 Å². The minimum absolute atomic E-state index is 0.00366. The van der Waals surface area contributed by atoms with Gasteiger partial charge in [0.05, 0.1) is 0 Å². The Hall–Kier alpha value is -1.02. The van der Waals surface area contributed by atoms with Gasteiger partial charge in [0.25, 0.3) is 0 Å². The van der Waals surface area contributed by atoms with Crippen molar-refractivity contribution in [2.24, 2.45) is 0 Å². The van der Waals surface area contributed by atoms with Gasteiger partial charge in [0.1, 0.15) is 11.4 Å². The van der Waals surface area contributed by atoms with Gasteiger partial charge in [-0.25, -0.2) is 0 Å². The van der Waals surface area contributed by atoms with Crippen LogP contribution in [-0.4, -0.2) is 30.6 Å². The third-order valence-electron chi connectivity index (χ3n) is 4.13. The van der Waals surface area contributed by atoms with Crippen LogP contribution >= 0.6 is 0 Å². The smallest absolute Gasteiger partial charge is 0.133 e. The van der Waals surface area contributed by atoms with Gasteiger partial charge in [0, 0.05) is 31.5 Å². The standard InChI is InChI=1S/C14H19NO/c1-11-12-5-3-4-6-13(12)14(16-11)7-9-15(2)10-8-14/h3,5H,1,4,6-10H2,2H3. The summed E-state index contributed by atoms with van der Waals surface area (Å²) in [6.45, 7) is 6.33. The molecule has 0 bridgehead atoms. The van der Waals surface area contributed by atoms with Crippen LogP contribution in [0.3, 0.4) is 0 Å². The van der Waals surface area contributed by atoms with Gasteiger partial charge in [-0.05, 0) is 25.5 Å². The average molecular weight is 217 g/mol. The highest BCUT2D eigenvalue weighted by Gasteiger charge is 2.45. The molecular formula is C14H19NO. The van der Waals surface area contributed by atoms with Gasteiger partial charge in [-0.3, -0.25) is 0 Å². The van der Waals surface area contributed by atoms with Gasteiger partial charge >= 0.3 is 0 Å². The van der Waals surface area contributed by atoms with E-state index in [0.717, 1.165) is 44.5 Å². The lowest BCUT2D eigenvalue weighted by Crippen LogP contribution is -2.44. The van der Waals surface area contributed by atoms with Gasteiger partial charge in [-0.2, -0.15) is 0 Å². The molecule has 1 saturated heterocycles. The van der Waals surface area contributed by atoms with E-state index in [0.29, 0.717) is 0 Å². The molecule has 1 aliphatic carbocycles. The SMILES string of the molecule is C=C1OC2(CCN(C)CC2)C2=C1C=CCC2. The zero-order valence-electron chi connectivity index (χ0n) is 9.96. The zero-order valence-corrected chi connectivity index (χ0v) is 9.96. The Bertz CT molecular complexity index is 384. The van der Waals surface area contributed by atoms with Crippen LogP contribution in [-0.2, 0) is 4.74 Å². The fraction of sp³-hybridized carbons (Fsp3) is 0.571. The van der Waals surface area contributed by atoms with Crippen molar-refractivity contribution in [1.82, 2.24) is 4.90 Å². The number of hydrogen-bond donors (Lipinski definition) is 0.